The smallest absolute Gasteiger partial charge is 0.228 e. The minimum absolute atomic E-state index is 0.102. The Kier molecular flexibility index (Phi) is 3.69. The highest BCUT2D eigenvalue weighted by Crippen LogP contribution is 2.57. The van der Waals surface area contributed by atoms with Crippen molar-refractivity contribution in [3.8, 4) is 11.8 Å². The zero-order valence-corrected chi connectivity index (χ0v) is 11.9. The van der Waals surface area contributed by atoms with Gasteiger partial charge in [-0.3, -0.25) is 4.79 Å². The Morgan fingerprint density at radius 3 is 2.85 bits per heavy atom. The summed E-state index contributed by atoms with van der Waals surface area (Å²) in [6, 6.07) is 5.39. The number of fused-ring (bicyclic) bond motifs is 1. The molecule has 0 saturated heterocycles. The highest BCUT2D eigenvalue weighted by atomic mass is 35.5. The fourth-order valence-corrected chi connectivity index (χ4v) is 3.44. The average Bonchev–Trinajstić information content (AvgIpc) is 2.93. The first-order valence-corrected chi connectivity index (χ1v) is 7.38. The lowest BCUT2D eigenvalue weighted by Gasteiger charge is -2.09. The third kappa shape index (κ3) is 2.54. The first kappa shape index (κ1) is 13.5. The summed E-state index contributed by atoms with van der Waals surface area (Å²) in [5, 5.41) is 3.49. The van der Waals surface area contributed by atoms with Crippen molar-refractivity contribution in [2.24, 2.45) is 23.5 Å². The van der Waals surface area contributed by atoms with Gasteiger partial charge in [0.15, 0.2) is 0 Å². The molecule has 3 N–H and O–H groups in total. The van der Waals surface area contributed by atoms with Gasteiger partial charge in [0.25, 0.3) is 0 Å². The maximum Gasteiger partial charge on any atom is 0.228 e. The molecule has 0 bridgehead atoms. The van der Waals surface area contributed by atoms with Crippen LogP contribution in [-0.4, -0.2) is 12.5 Å². The van der Waals surface area contributed by atoms with Crippen LogP contribution in [0.4, 0.5) is 5.69 Å². The lowest BCUT2D eigenvalue weighted by atomic mass is 10.1. The van der Waals surface area contributed by atoms with E-state index in [1.807, 2.05) is 6.07 Å². The van der Waals surface area contributed by atoms with Crippen LogP contribution < -0.4 is 11.1 Å². The molecule has 0 aromatic heterocycles. The molecule has 0 radical (unpaired) electrons. The molecule has 2 aliphatic carbocycles. The molecule has 0 aliphatic heterocycles. The van der Waals surface area contributed by atoms with Crippen molar-refractivity contribution in [3.63, 3.8) is 0 Å². The highest BCUT2D eigenvalue weighted by Gasteiger charge is 2.56. The van der Waals surface area contributed by atoms with E-state index in [-0.39, 0.29) is 11.8 Å². The maximum absolute atomic E-state index is 12.2. The topological polar surface area (TPSA) is 55.1 Å². The lowest BCUT2D eigenvalue weighted by molar-refractivity contribution is -0.118. The number of carbonyl (C=O) groups excluding carboxylic acids is 1. The lowest BCUT2D eigenvalue weighted by Crippen LogP contribution is -2.16. The van der Waals surface area contributed by atoms with Crippen LogP contribution in [0.2, 0.25) is 5.02 Å². The number of anilines is 1. The van der Waals surface area contributed by atoms with Gasteiger partial charge in [-0.25, -0.2) is 0 Å². The van der Waals surface area contributed by atoms with Crippen molar-refractivity contribution in [2.75, 3.05) is 11.9 Å². The fraction of sp³-hybridized carbons (Fsp3) is 0.438. The number of nitrogens with one attached hydrogen (secondary N) is 1. The fourth-order valence-electron chi connectivity index (χ4n) is 3.28. The van der Waals surface area contributed by atoms with Crippen LogP contribution in [0.1, 0.15) is 24.8 Å². The molecule has 2 atom stereocenters. The van der Waals surface area contributed by atoms with Crippen molar-refractivity contribution < 1.29 is 4.79 Å². The Bertz CT molecular complexity index is 592. The highest BCUT2D eigenvalue weighted by molar-refractivity contribution is 6.33. The van der Waals surface area contributed by atoms with Crippen molar-refractivity contribution in [3.05, 3.63) is 28.8 Å². The molecule has 1 aromatic rings. The van der Waals surface area contributed by atoms with Crippen LogP contribution in [-0.2, 0) is 4.79 Å². The van der Waals surface area contributed by atoms with Crippen molar-refractivity contribution in [1.29, 1.82) is 0 Å². The molecular weight excluding hydrogens is 272 g/mol. The number of hydrogen-bond donors (Lipinski definition) is 2. The number of benzene rings is 1. The van der Waals surface area contributed by atoms with E-state index < -0.39 is 0 Å². The van der Waals surface area contributed by atoms with E-state index in [1.54, 1.807) is 12.1 Å². The summed E-state index contributed by atoms with van der Waals surface area (Å²) in [5.74, 6) is 7.25. The van der Waals surface area contributed by atoms with E-state index in [0.29, 0.717) is 29.1 Å². The van der Waals surface area contributed by atoms with Crippen LogP contribution in [0.5, 0.6) is 0 Å². The summed E-state index contributed by atoms with van der Waals surface area (Å²) >= 11 is 6.13. The number of rotatable bonds is 2. The second kappa shape index (κ2) is 5.47. The monoisotopic (exact) mass is 288 g/mol. The molecule has 104 valence electrons. The van der Waals surface area contributed by atoms with E-state index in [0.717, 1.165) is 5.56 Å². The summed E-state index contributed by atoms with van der Waals surface area (Å²) in [5.41, 5.74) is 6.81. The normalized spacial score (nSPS) is 26.4. The quantitative estimate of drug-likeness (QED) is 0.822. The summed E-state index contributed by atoms with van der Waals surface area (Å²) < 4.78 is 0. The van der Waals surface area contributed by atoms with E-state index in [4.69, 9.17) is 17.3 Å². The van der Waals surface area contributed by atoms with E-state index >= 15 is 0 Å². The molecule has 0 spiro atoms. The van der Waals surface area contributed by atoms with Gasteiger partial charge in [0.1, 0.15) is 0 Å². The van der Waals surface area contributed by atoms with Gasteiger partial charge in [-0.05, 0) is 42.9 Å². The van der Waals surface area contributed by atoms with E-state index in [9.17, 15) is 4.79 Å². The predicted molar refractivity (Wildman–Crippen MR) is 80.3 cm³/mol. The third-order valence-electron chi connectivity index (χ3n) is 4.27. The Hall–Kier alpha value is -1.50. The number of hydrogen-bond acceptors (Lipinski definition) is 2. The molecule has 20 heavy (non-hydrogen) atoms. The zero-order chi connectivity index (χ0) is 14.1. The first-order chi connectivity index (χ1) is 9.70. The summed E-state index contributed by atoms with van der Waals surface area (Å²) in [6.07, 6.45) is 3.65. The van der Waals surface area contributed by atoms with Crippen molar-refractivity contribution >= 4 is 23.2 Å². The van der Waals surface area contributed by atoms with Gasteiger partial charge >= 0.3 is 0 Å². The molecular formula is C16H17ClN2O. The van der Waals surface area contributed by atoms with Gasteiger partial charge in [0, 0.05) is 11.5 Å². The molecule has 2 unspecified atom stereocenters. The minimum atomic E-state index is 0.102. The standard InChI is InChI=1S/C16H17ClN2O/c17-13-7-6-10(3-2-8-18)9-14(13)19-16(20)15-11-4-1-5-12(11)15/h6-7,9,11-12,15H,1,4-5,8,18H2,(H,19,20). The van der Waals surface area contributed by atoms with Crippen LogP contribution in [0.25, 0.3) is 0 Å². The molecule has 1 amide bonds. The first-order valence-electron chi connectivity index (χ1n) is 7.00. The number of carbonyl (C=O) groups is 1. The van der Waals surface area contributed by atoms with Crippen LogP contribution in [0, 0.1) is 29.6 Å². The van der Waals surface area contributed by atoms with Crippen LogP contribution >= 0.6 is 11.6 Å². The molecule has 1 aromatic carbocycles. The molecule has 4 heteroatoms. The predicted octanol–water partition coefficient (Wildman–Crippen LogP) is 2.63. The van der Waals surface area contributed by atoms with Crippen molar-refractivity contribution in [1.82, 2.24) is 0 Å². The van der Waals surface area contributed by atoms with Gasteiger partial charge in [0.05, 0.1) is 17.3 Å². The van der Waals surface area contributed by atoms with Crippen molar-refractivity contribution in [2.45, 2.75) is 19.3 Å². The molecule has 3 rings (SSSR count). The number of amides is 1. The number of nitrogens with two attached hydrogens (primary N) is 1. The van der Waals surface area contributed by atoms with E-state index in [1.165, 1.54) is 19.3 Å². The maximum atomic E-state index is 12.2. The molecule has 2 saturated carbocycles. The second-order valence-corrected chi connectivity index (χ2v) is 5.88. The molecule has 2 aliphatic rings. The Balaban J connectivity index is 1.71. The van der Waals surface area contributed by atoms with Gasteiger partial charge in [-0.1, -0.05) is 29.9 Å². The zero-order valence-electron chi connectivity index (χ0n) is 11.2. The SMILES string of the molecule is NCC#Cc1ccc(Cl)c(NC(=O)C2C3CCCC32)c1. The van der Waals surface area contributed by atoms with Gasteiger partial charge < -0.3 is 11.1 Å². The van der Waals surface area contributed by atoms with Crippen LogP contribution in [0.3, 0.4) is 0 Å². The molecule has 3 nitrogen and oxygen atoms in total. The second-order valence-electron chi connectivity index (χ2n) is 5.47. The molecule has 0 heterocycles. The van der Waals surface area contributed by atoms with Gasteiger partial charge in [-0.2, -0.15) is 0 Å². The van der Waals surface area contributed by atoms with Gasteiger partial charge in [0.2, 0.25) is 5.91 Å². The van der Waals surface area contributed by atoms with E-state index in [2.05, 4.69) is 17.2 Å². The molecule has 2 fully saturated rings. The van der Waals surface area contributed by atoms with Crippen LogP contribution in [0.15, 0.2) is 18.2 Å². The third-order valence-corrected chi connectivity index (χ3v) is 4.60. The Morgan fingerprint density at radius 2 is 2.15 bits per heavy atom. The average molecular weight is 289 g/mol. The summed E-state index contributed by atoms with van der Waals surface area (Å²) in [7, 11) is 0. The number of halogens is 1. The minimum Gasteiger partial charge on any atom is -0.324 e. The summed E-state index contributed by atoms with van der Waals surface area (Å²) in [6.45, 7) is 0.315. The largest absolute Gasteiger partial charge is 0.324 e. The Labute approximate surface area is 123 Å². The summed E-state index contributed by atoms with van der Waals surface area (Å²) in [4.78, 5) is 12.2. The van der Waals surface area contributed by atoms with Gasteiger partial charge in [-0.15, -0.1) is 0 Å². The Morgan fingerprint density at radius 1 is 1.40 bits per heavy atom.